The van der Waals surface area contributed by atoms with Crippen LogP contribution in [0, 0.1) is 5.92 Å². The lowest BCUT2D eigenvalue weighted by Gasteiger charge is -2.43. The van der Waals surface area contributed by atoms with Crippen molar-refractivity contribution in [3.63, 3.8) is 0 Å². The molecule has 0 aliphatic heterocycles. The monoisotopic (exact) mass is 474 g/mol. The van der Waals surface area contributed by atoms with E-state index in [-0.39, 0.29) is 0 Å². The van der Waals surface area contributed by atoms with E-state index in [9.17, 15) is 0 Å². The van der Waals surface area contributed by atoms with Crippen molar-refractivity contribution in [2.24, 2.45) is 5.92 Å². The van der Waals surface area contributed by atoms with Gasteiger partial charge in [-0.25, -0.2) is 0 Å². The van der Waals surface area contributed by atoms with Crippen LogP contribution in [0.1, 0.15) is 96.3 Å². The Bertz CT molecular complexity index is 425. The molecule has 3 aliphatic rings. The molecular formula is C24H50O5Si2. The van der Waals surface area contributed by atoms with Crippen LogP contribution in [0.15, 0.2) is 0 Å². The maximum absolute atomic E-state index is 6.08. The van der Waals surface area contributed by atoms with Crippen molar-refractivity contribution in [3.05, 3.63) is 0 Å². The van der Waals surface area contributed by atoms with E-state index in [1.54, 1.807) is 21.3 Å². The number of hydrogen-bond acceptors (Lipinski definition) is 5. The first-order chi connectivity index (χ1) is 15.1. The van der Waals surface area contributed by atoms with Crippen molar-refractivity contribution in [2.45, 2.75) is 113 Å². The fourth-order valence-electron chi connectivity index (χ4n) is 6.34. The van der Waals surface area contributed by atoms with Crippen molar-refractivity contribution in [2.75, 3.05) is 35.5 Å². The Labute approximate surface area is 194 Å². The molecule has 0 atom stereocenters. The Morgan fingerprint density at radius 1 is 0.484 bits per heavy atom. The Hall–Kier alpha value is 0.234. The van der Waals surface area contributed by atoms with E-state index >= 15 is 0 Å². The average Bonchev–Trinajstić information content (AvgIpc) is 2.86. The van der Waals surface area contributed by atoms with Crippen molar-refractivity contribution < 1.29 is 22.1 Å². The van der Waals surface area contributed by atoms with Crippen molar-refractivity contribution in [3.8, 4) is 0 Å². The molecule has 0 saturated heterocycles. The molecular weight excluding hydrogens is 424 g/mol. The van der Waals surface area contributed by atoms with E-state index in [0.29, 0.717) is 0 Å². The van der Waals surface area contributed by atoms with E-state index in [4.69, 9.17) is 22.1 Å². The van der Waals surface area contributed by atoms with E-state index in [2.05, 4.69) is 0 Å². The lowest BCUT2D eigenvalue weighted by atomic mass is 9.91. The second-order valence-corrected chi connectivity index (χ2v) is 16.7. The summed E-state index contributed by atoms with van der Waals surface area (Å²) in [6, 6.07) is 0.983. The largest absolute Gasteiger partial charge is 0.500 e. The first kappa shape index (κ1) is 27.5. The molecule has 0 amide bonds. The fraction of sp³-hybridized carbons (Fsp3) is 1.00. The van der Waals surface area contributed by atoms with Gasteiger partial charge in [0, 0.05) is 52.7 Å². The lowest BCUT2D eigenvalue weighted by molar-refractivity contribution is 0.115. The minimum Gasteiger partial charge on any atom is -0.397 e. The SMILES string of the molecule is CO[Si](CC1CCCCC1)(OC)OC.CO[Si](OC)(C1CCCCC1)C1CCCCC1. The molecule has 0 heterocycles. The molecule has 0 bridgehead atoms. The molecule has 0 aromatic rings. The molecule has 0 aromatic heterocycles. The average molecular weight is 475 g/mol. The molecule has 0 spiro atoms. The van der Waals surface area contributed by atoms with Crippen molar-refractivity contribution in [1.82, 2.24) is 0 Å². The predicted octanol–water partition coefficient (Wildman–Crippen LogP) is 6.83. The van der Waals surface area contributed by atoms with Crippen molar-refractivity contribution >= 4 is 17.4 Å². The zero-order valence-corrected chi connectivity index (χ0v) is 23.1. The molecule has 31 heavy (non-hydrogen) atoms. The van der Waals surface area contributed by atoms with Gasteiger partial charge in [0.15, 0.2) is 0 Å². The second kappa shape index (κ2) is 14.5. The highest BCUT2D eigenvalue weighted by Crippen LogP contribution is 2.48. The van der Waals surface area contributed by atoms with Gasteiger partial charge in [0.25, 0.3) is 0 Å². The zero-order chi connectivity index (χ0) is 22.6. The van der Waals surface area contributed by atoms with Gasteiger partial charge in [-0.05, 0) is 31.6 Å². The maximum atomic E-state index is 6.08. The molecule has 184 valence electrons. The minimum atomic E-state index is -2.30. The van der Waals surface area contributed by atoms with Crippen LogP contribution in [-0.4, -0.2) is 52.9 Å². The van der Waals surface area contributed by atoms with Crippen LogP contribution in [0.25, 0.3) is 0 Å². The third kappa shape index (κ3) is 7.62. The summed E-state index contributed by atoms with van der Waals surface area (Å²) in [5, 5.41) is 0. The molecule has 7 heteroatoms. The highest BCUT2D eigenvalue weighted by Gasteiger charge is 2.51. The molecule has 3 rings (SSSR count). The molecule has 0 aromatic carbocycles. The van der Waals surface area contributed by atoms with Crippen LogP contribution in [0.3, 0.4) is 0 Å². The molecule has 3 aliphatic carbocycles. The molecule has 3 saturated carbocycles. The van der Waals surface area contributed by atoms with Gasteiger partial charge in [-0.2, -0.15) is 0 Å². The summed E-state index contributed by atoms with van der Waals surface area (Å²) in [5.41, 5.74) is 1.52. The summed E-state index contributed by atoms with van der Waals surface area (Å²) >= 11 is 0. The third-order valence-electron chi connectivity index (χ3n) is 8.18. The quantitative estimate of drug-likeness (QED) is 0.342. The van der Waals surface area contributed by atoms with Gasteiger partial charge in [-0.3, -0.25) is 0 Å². The fourth-order valence-corrected chi connectivity index (χ4v) is 13.0. The Morgan fingerprint density at radius 2 is 0.839 bits per heavy atom. The van der Waals surface area contributed by atoms with E-state index in [1.165, 1.54) is 96.3 Å². The summed E-state index contributed by atoms with van der Waals surface area (Å²) in [5.74, 6) is 0.746. The van der Waals surface area contributed by atoms with Crippen molar-refractivity contribution in [1.29, 1.82) is 0 Å². The molecule has 0 unspecified atom stereocenters. The summed E-state index contributed by atoms with van der Waals surface area (Å²) in [7, 11) is 4.67. The van der Waals surface area contributed by atoms with Gasteiger partial charge in [0.05, 0.1) is 0 Å². The first-order valence-corrected chi connectivity index (χ1v) is 16.8. The lowest BCUT2D eigenvalue weighted by Crippen LogP contribution is -2.50. The van der Waals surface area contributed by atoms with Gasteiger partial charge in [0.2, 0.25) is 0 Å². The molecule has 5 nitrogen and oxygen atoms in total. The highest BCUT2D eigenvalue weighted by molar-refractivity contribution is 6.70. The van der Waals surface area contributed by atoms with Gasteiger partial charge in [0.1, 0.15) is 0 Å². The zero-order valence-electron chi connectivity index (χ0n) is 21.1. The van der Waals surface area contributed by atoms with Crippen LogP contribution in [0.4, 0.5) is 0 Å². The summed E-state index contributed by atoms with van der Waals surface area (Å²) in [6.45, 7) is 0. The van der Waals surface area contributed by atoms with E-state index in [1.807, 2.05) is 14.2 Å². The Kier molecular flexibility index (Phi) is 12.8. The summed E-state index contributed by atoms with van der Waals surface area (Å²) in [4.78, 5) is 0. The van der Waals surface area contributed by atoms with Gasteiger partial charge >= 0.3 is 17.4 Å². The minimum absolute atomic E-state index is 0.746. The molecule has 0 radical (unpaired) electrons. The van der Waals surface area contributed by atoms with Crippen LogP contribution in [0.5, 0.6) is 0 Å². The second-order valence-electron chi connectivity index (χ2n) is 9.80. The molecule has 3 fully saturated rings. The van der Waals surface area contributed by atoms with Gasteiger partial charge in [-0.1, -0.05) is 70.6 Å². The normalized spacial score (nSPS) is 22.7. The van der Waals surface area contributed by atoms with E-state index < -0.39 is 17.4 Å². The van der Waals surface area contributed by atoms with Crippen LogP contribution in [0.2, 0.25) is 17.1 Å². The third-order valence-corrected chi connectivity index (χ3v) is 15.8. The first-order valence-electron chi connectivity index (χ1n) is 12.9. The van der Waals surface area contributed by atoms with Gasteiger partial charge < -0.3 is 22.1 Å². The summed E-state index contributed by atoms with van der Waals surface area (Å²) in [6.07, 6.45) is 20.5. The van der Waals surface area contributed by atoms with Crippen LogP contribution >= 0.6 is 0 Å². The number of hydrogen-bond donors (Lipinski definition) is 0. The Balaban J connectivity index is 0.000000225. The smallest absolute Gasteiger partial charge is 0.397 e. The van der Waals surface area contributed by atoms with E-state index in [0.717, 1.165) is 23.0 Å². The molecule has 0 N–H and O–H groups in total. The van der Waals surface area contributed by atoms with Crippen LogP contribution < -0.4 is 0 Å². The predicted molar refractivity (Wildman–Crippen MR) is 132 cm³/mol. The maximum Gasteiger partial charge on any atom is 0.500 e. The topological polar surface area (TPSA) is 46.2 Å². The van der Waals surface area contributed by atoms with Gasteiger partial charge in [-0.15, -0.1) is 0 Å². The highest BCUT2D eigenvalue weighted by atomic mass is 28.4. The Morgan fingerprint density at radius 3 is 1.16 bits per heavy atom. The standard InChI is InChI=1S/C14H28O2Si.C10H22O3Si/c1-15-17(16-2,13-9-5-3-6-10-13)14-11-7-4-8-12-14;1-11-14(12-2,13-3)9-10-7-5-4-6-8-10/h13-14H,3-12H2,1-2H3;10H,4-9H2,1-3H3. The van der Waals surface area contributed by atoms with Crippen LogP contribution in [-0.2, 0) is 22.1 Å². The number of rotatable bonds is 9. The summed E-state index contributed by atoms with van der Waals surface area (Å²) < 4.78 is 28.5.